The van der Waals surface area contributed by atoms with Crippen LogP contribution in [0, 0.1) is 0 Å². The topological polar surface area (TPSA) is 51.2 Å². The normalized spacial score (nSPS) is 15.0. The van der Waals surface area contributed by atoms with Crippen molar-refractivity contribution in [3.8, 4) is 9.88 Å². The number of hydrogen-bond acceptors (Lipinski definition) is 6. The lowest BCUT2D eigenvalue weighted by molar-refractivity contribution is 0.1000. The lowest BCUT2D eigenvalue weighted by atomic mass is 10.2. The molecule has 1 aliphatic rings. The third-order valence-electron chi connectivity index (χ3n) is 4.30. The van der Waals surface area contributed by atoms with E-state index >= 15 is 0 Å². The Morgan fingerprint density at radius 1 is 1.26 bits per heavy atom. The maximum atomic E-state index is 12.6. The molecule has 0 unspecified atom stereocenters. The van der Waals surface area contributed by atoms with Gasteiger partial charge in [-0.25, -0.2) is 4.98 Å². The number of amides is 1. The summed E-state index contributed by atoms with van der Waals surface area (Å²) in [6, 6.07) is 12.1. The van der Waals surface area contributed by atoms with Crippen LogP contribution >= 0.6 is 34.4 Å². The number of carbonyl (C=O) groups excluding carboxylic acids is 1. The first-order valence-electron chi connectivity index (χ1n) is 8.87. The van der Waals surface area contributed by atoms with Gasteiger partial charge in [0, 0.05) is 29.9 Å². The van der Waals surface area contributed by atoms with E-state index in [1.54, 1.807) is 17.5 Å². The lowest BCUT2D eigenvalue weighted by Gasteiger charge is -2.21. The summed E-state index contributed by atoms with van der Waals surface area (Å²) in [7, 11) is 0. The monoisotopic (exact) mass is 416 g/mol. The summed E-state index contributed by atoms with van der Waals surface area (Å²) in [4.78, 5) is 18.6. The van der Waals surface area contributed by atoms with Crippen molar-refractivity contribution in [3.05, 3.63) is 58.4 Å². The zero-order chi connectivity index (χ0) is 18.5. The van der Waals surface area contributed by atoms with E-state index in [0.717, 1.165) is 47.4 Å². The third kappa shape index (κ3) is 4.99. The summed E-state index contributed by atoms with van der Waals surface area (Å²) < 4.78 is 5.42. The molecule has 0 atom stereocenters. The molecule has 1 saturated heterocycles. The van der Waals surface area contributed by atoms with Gasteiger partial charge in [-0.05, 0) is 42.0 Å². The molecular weight excluding hydrogens is 396 g/mol. The number of thioether (sulfide) groups is 1. The number of rotatable bonds is 6. The van der Waals surface area contributed by atoms with Crippen LogP contribution in [0.5, 0.6) is 0 Å². The van der Waals surface area contributed by atoms with Gasteiger partial charge in [0.25, 0.3) is 5.91 Å². The Hall–Kier alpha value is -1.67. The van der Waals surface area contributed by atoms with Gasteiger partial charge in [-0.15, -0.1) is 22.7 Å². The predicted octanol–water partition coefficient (Wildman–Crippen LogP) is 5.54. The fourth-order valence-electron chi connectivity index (χ4n) is 2.88. The Balaban J connectivity index is 1.36. The Morgan fingerprint density at radius 3 is 2.96 bits per heavy atom. The molecular formula is C20H20N2O2S3. The summed E-state index contributed by atoms with van der Waals surface area (Å²) >= 11 is 5.03. The number of carbonyl (C=O) groups is 1. The molecule has 3 aromatic rings. The summed E-state index contributed by atoms with van der Waals surface area (Å²) in [5.74, 6) is 0.849. The molecule has 27 heavy (non-hydrogen) atoms. The fraction of sp³-hybridized carbons (Fsp3) is 0.300. The molecule has 1 amide bonds. The minimum atomic E-state index is -0.107. The zero-order valence-corrected chi connectivity index (χ0v) is 17.2. The third-order valence-corrected chi connectivity index (χ3v) is 7.78. The Labute approximate surface area is 171 Å². The number of nitrogens with zero attached hydrogens (tertiary/aromatic N) is 1. The van der Waals surface area contributed by atoms with E-state index < -0.39 is 0 Å². The molecule has 0 spiro atoms. The second-order valence-corrected chi connectivity index (χ2v) is 9.55. The van der Waals surface area contributed by atoms with Crippen LogP contribution < -0.4 is 5.32 Å². The van der Waals surface area contributed by atoms with Crippen molar-refractivity contribution in [1.29, 1.82) is 0 Å². The smallest absolute Gasteiger partial charge is 0.267 e. The van der Waals surface area contributed by atoms with Crippen LogP contribution in [-0.2, 0) is 10.5 Å². The van der Waals surface area contributed by atoms with Crippen LogP contribution in [0.1, 0.15) is 28.1 Å². The van der Waals surface area contributed by atoms with Gasteiger partial charge < -0.3 is 10.1 Å². The molecule has 0 saturated carbocycles. The van der Waals surface area contributed by atoms with E-state index in [4.69, 9.17) is 4.74 Å². The quantitative estimate of drug-likeness (QED) is 0.573. The molecule has 0 bridgehead atoms. The fourth-order valence-corrected chi connectivity index (χ4v) is 5.63. The largest absolute Gasteiger partial charge is 0.381 e. The second-order valence-electron chi connectivity index (χ2n) is 6.28. The average molecular weight is 417 g/mol. The lowest BCUT2D eigenvalue weighted by Crippen LogP contribution is -2.17. The number of anilines is 1. The zero-order valence-electron chi connectivity index (χ0n) is 14.7. The molecule has 7 heteroatoms. The number of thiazole rings is 1. The maximum absolute atomic E-state index is 12.6. The van der Waals surface area contributed by atoms with Crippen molar-refractivity contribution >= 4 is 46.0 Å². The molecule has 1 aromatic carbocycles. The Bertz CT molecular complexity index is 886. The van der Waals surface area contributed by atoms with E-state index in [9.17, 15) is 4.79 Å². The Kier molecular flexibility index (Phi) is 6.24. The van der Waals surface area contributed by atoms with E-state index in [1.165, 1.54) is 16.9 Å². The van der Waals surface area contributed by atoms with Crippen molar-refractivity contribution in [2.24, 2.45) is 0 Å². The highest BCUT2D eigenvalue weighted by Crippen LogP contribution is 2.30. The molecule has 4 rings (SSSR count). The van der Waals surface area contributed by atoms with Crippen molar-refractivity contribution < 1.29 is 9.53 Å². The maximum Gasteiger partial charge on any atom is 0.267 e. The molecule has 2 aromatic heterocycles. The minimum absolute atomic E-state index is 0.107. The van der Waals surface area contributed by atoms with E-state index in [1.807, 2.05) is 41.4 Å². The SMILES string of the molecule is O=C(Nc1cccc(CSC2CCOCC2)c1)c1cnc(-c2cccs2)s1. The van der Waals surface area contributed by atoms with Crippen molar-refractivity contribution in [1.82, 2.24) is 4.98 Å². The molecule has 3 heterocycles. The van der Waals surface area contributed by atoms with Gasteiger partial charge in [-0.3, -0.25) is 4.79 Å². The van der Waals surface area contributed by atoms with E-state index in [2.05, 4.69) is 22.4 Å². The molecule has 4 nitrogen and oxygen atoms in total. The highest BCUT2D eigenvalue weighted by atomic mass is 32.2. The standard InChI is InChI=1S/C20H20N2O2S3/c23-19(18-12-21-20(27-18)17-5-2-10-25-17)22-15-4-1-3-14(11-15)13-26-16-6-8-24-9-7-16/h1-5,10-12,16H,6-9,13H2,(H,22,23). The average Bonchev–Trinajstić information content (AvgIpc) is 3.39. The minimum Gasteiger partial charge on any atom is -0.381 e. The van der Waals surface area contributed by atoms with Gasteiger partial charge in [0.1, 0.15) is 9.88 Å². The first-order chi connectivity index (χ1) is 13.3. The van der Waals surface area contributed by atoms with Crippen LogP contribution in [0.4, 0.5) is 5.69 Å². The summed E-state index contributed by atoms with van der Waals surface area (Å²) in [5, 5.41) is 6.57. The number of nitrogens with one attached hydrogen (secondary N) is 1. The number of benzene rings is 1. The van der Waals surface area contributed by atoms with Gasteiger partial charge in [0.05, 0.1) is 11.1 Å². The Morgan fingerprint density at radius 2 is 2.15 bits per heavy atom. The van der Waals surface area contributed by atoms with E-state index in [0.29, 0.717) is 10.1 Å². The molecule has 1 N–H and O–H groups in total. The van der Waals surface area contributed by atoms with Gasteiger partial charge in [-0.2, -0.15) is 11.8 Å². The number of ether oxygens (including phenoxy) is 1. The van der Waals surface area contributed by atoms with Crippen molar-refractivity contribution in [3.63, 3.8) is 0 Å². The first-order valence-corrected chi connectivity index (χ1v) is 11.6. The van der Waals surface area contributed by atoms with Gasteiger partial charge in [-0.1, -0.05) is 18.2 Å². The number of hydrogen-bond donors (Lipinski definition) is 1. The molecule has 1 aliphatic heterocycles. The number of thiophene rings is 1. The van der Waals surface area contributed by atoms with Crippen LogP contribution in [0.15, 0.2) is 48.0 Å². The van der Waals surface area contributed by atoms with E-state index in [-0.39, 0.29) is 5.91 Å². The van der Waals surface area contributed by atoms with Crippen molar-refractivity contribution in [2.45, 2.75) is 23.8 Å². The van der Waals surface area contributed by atoms with Crippen molar-refractivity contribution in [2.75, 3.05) is 18.5 Å². The van der Waals surface area contributed by atoms with Gasteiger partial charge in [0.15, 0.2) is 0 Å². The van der Waals surface area contributed by atoms with Crippen LogP contribution in [0.3, 0.4) is 0 Å². The van der Waals surface area contributed by atoms with Gasteiger partial charge >= 0.3 is 0 Å². The van der Waals surface area contributed by atoms with Crippen LogP contribution in [0.25, 0.3) is 9.88 Å². The molecule has 0 radical (unpaired) electrons. The highest BCUT2D eigenvalue weighted by Gasteiger charge is 2.15. The predicted molar refractivity (Wildman–Crippen MR) is 115 cm³/mol. The summed E-state index contributed by atoms with van der Waals surface area (Å²) in [6.45, 7) is 1.74. The van der Waals surface area contributed by atoms with Crippen LogP contribution in [-0.4, -0.2) is 29.4 Å². The molecule has 0 aliphatic carbocycles. The number of aromatic nitrogens is 1. The summed E-state index contributed by atoms with van der Waals surface area (Å²) in [6.07, 6.45) is 3.90. The molecule has 1 fully saturated rings. The highest BCUT2D eigenvalue weighted by molar-refractivity contribution is 7.99. The summed E-state index contributed by atoms with van der Waals surface area (Å²) in [5.41, 5.74) is 2.06. The van der Waals surface area contributed by atoms with Crippen LogP contribution in [0.2, 0.25) is 0 Å². The second kappa shape index (κ2) is 9.01. The van der Waals surface area contributed by atoms with Gasteiger partial charge in [0.2, 0.25) is 0 Å². The first kappa shape index (κ1) is 18.7. The molecule has 140 valence electrons.